The highest BCUT2D eigenvalue weighted by molar-refractivity contribution is 9.10. The molecule has 0 atom stereocenters. The summed E-state index contributed by atoms with van der Waals surface area (Å²) in [5.74, 6) is 0.920. The predicted octanol–water partition coefficient (Wildman–Crippen LogP) is 5.08. The molecule has 0 bridgehead atoms. The summed E-state index contributed by atoms with van der Waals surface area (Å²) >= 11 is 9.17. The molecule has 0 fully saturated rings. The quantitative estimate of drug-likeness (QED) is 0.743. The first-order valence-electron chi connectivity index (χ1n) is 6.82. The van der Waals surface area contributed by atoms with Gasteiger partial charge in [0.25, 0.3) is 0 Å². The average molecular weight is 373 g/mol. The highest BCUT2D eigenvalue weighted by Gasteiger charge is 2.14. The molecular formula is C15H16BrClFN3. The van der Waals surface area contributed by atoms with Gasteiger partial charge in [0, 0.05) is 29.1 Å². The van der Waals surface area contributed by atoms with E-state index >= 15 is 0 Å². The fourth-order valence-corrected chi connectivity index (χ4v) is 2.44. The molecule has 2 rings (SSSR count). The first-order valence-corrected chi connectivity index (χ1v) is 7.99. The van der Waals surface area contributed by atoms with Crippen LogP contribution in [0.25, 0.3) is 11.3 Å². The lowest BCUT2D eigenvalue weighted by Gasteiger charge is -2.10. The average Bonchev–Trinajstić information content (AvgIpc) is 2.45. The Morgan fingerprint density at radius 2 is 2.05 bits per heavy atom. The van der Waals surface area contributed by atoms with Crippen molar-refractivity contribution < 1.29 is 4.39 Å². The minimum absolute atomic E-state index is 0.0631. The van der Waals surface area contributed by atoms with Crippen LogP contribution >= 0.6 is 27.5 Å². The van der Waals surface area contributed by atoms with Crippen LogP contribution in [0.1, 0.15) is 26.1 Å². The number of halogens is 3. The molecule has 6 heteroatoms. The van der Waals surface area contributed by atoms with E-state index in [-0.39, 0.29) is 5.02 Å². The normalized spacial score (nSPS) is 10.7. The van der Waals surface area contributed by atoms with E-state index in [1.54, 1.807) is 18.2 Å². The summed E-state index contributed by atoms with van der Waals surface area (Å²) < 4.78 is 14.9. The molecular weight excluding hydrogens is 357 g/mol. The molecule has 21 heavy (non-hydrogen) atoms. The van der Waals surface area contributed by atoms with Crippen molar-refractivity contribution in [3.05, 3.63) is 39.3 Å². The minimum atomic E-state index is -0.477. The van der Waals surface area contributed by atoms with Gasteiger partial charge >= 0.3 is 0 Å². The van der Waals surface area contributed by atoms with Crippen molar-refractivity contribution >= 4 is 33.3 Å². The Morgan fingerprint density at radius 1 is 1.29 bits per heavy atom. The van der Waals surface area contributed by atoms with Gasteiger partial charge in [-0.25, -0.2) is 14.4 Å². The summed E-state index contributed by atoms with van der Waals surface area (Å²) in [5, 5.41) is 3.21. The molecule has 3 nitrogen and oxygen atoms in total. The second-order valence-corrected chi connectivity index (χ2v) is 5.79. The lowest BCUT2D eigenvalue weighted by atomic mass is 10.1. The Labute approximate surface area is 137 Å². The molecule has 1 heterocycles. The van der Waals surface area contributed by atoms with E-state index in [0.717, 1.165) is 19.4 Å². The second-order valence-electron chi connectivity index (χ2n) is 4.56. The number of aromatic nitrogens is 2. The van der Waals surface area contributed by atoms with E-state index in [1.807, 2.05) is 6.92 Å². The molecule has 0 aliphatic rings. The van der Waals surface area contributed by atoms with Gasteiger partial charge in [-0.05, 0) is 41.4 Å². The van der Waals surface area contributed by atoms with Crippen LogP contribution in [-0.4, -0.2) is 16.5 Å². The van der Waals surface area contributed by atoms with Crippen LogP contribution in [0.15, 0.2) is 22.7 Å². The molecule has 1 aromatic heterocycles. The van der Waals surface area contributed by atoms with Gasteiger partial charge in [0.05, 0.1) is 10.7 Å². The molecule has 0 aliphatic carbocycles. The Balaban J connectivity index is 2.54. The van der Waals surface area contributed by atoms with Crippen molar-refractivity contribution in [2.45, 2.75) is 26.7 Å². The zero-order valence-electron chi connectivity index (χ0n) is 11.9. The van der Waals surface area contributed by atoms with Gasteiger partial charge < -0.3 is 5.32 Å². The van der Waals surface area contributed by atoms with Crippen LogP contribution in [-0.2, 0) is 6.42 Å². The highest BCUT2D eigenvalue weighted by Crippen LogP contribution is 2.32. The topological polar surface area (TPSA) is 37.8 Å². The molecule has 0 radical (unpaired) electrons. The minimum Gasteiger partial charge on any atom is -0.370 e. The van der Waals surface area contributed by atoms with Gasteiger partial charge in [-0.1, -0.05) is 18.5 Å². The summed E-state index contributed by atoms with van der Waals surface area (Å²) in [5.41, 5.74) is 0.915. The third-order valence-corrected chi connectivity index (χ3v) is 4.17. The largest absolute Gasteiger partial charge is 0.370 e. The first kappa shape index (κ1) is 16.2. The number of aryl methyl sites for hydroxylation is 1. The van der Waals surface area contributed by atoms with E-state index in [4.69, 9.17) is 11.6 Å². The third kappa shape index (κ3) is 3.71. The van der Waals surface area contributed by atoms with Crippen LogP contribution < -0.4 is 5.32 Å². The molecule has 0 saturated heterocycles. The van der Waals surface area contributed by atoms with E-state index < -0.39 is 5.82 Å². The first-order chi connectivity index (χ1) is 10.1. The summed E-state index contributed by atoms with van der Waals surface area (Å²) in [6.07, 6.45) is 1.68. The standard InChI is InChI=1S/C15H16BrClFN3/c1-3-5-12-20-11(8-13(21-12)19-4-2)9-6-7-10(16)14(17)15(9)18/h6-8H,3-5H2,1-2H3,(H,19,20,21). The molecule has 2 aromatic rings. The SMILES string of the molecule is CCCc1nc(NCC)cc(-c2ccc(Br)c(Cl)c2F)n1. The number of nitrogens with zero attached hydrogens (tertiary/aromatic N) is 2. The van der Waals surface area contributed by atoms with Crippen molar-refractivity contribution in [2.75, 3.05) is 11.9 Å². The smallest absolute Gasteiger partial charge is 0.152 e. The van der Waals surface area contributed by atoms with E-state index in [9.17, 15) is 4.39 Å². The summed E-state index contributed by atoms with van der Waals surface area (Å²) in [6, 6.07) is 5.12. The van der Waals surface area contributed by atoms with Crippen molar-refractivity contribution in [1.29, 1.82) is 0 Å². The number of hydrogen-bond acceptors (Lipinski definition) is 3. The molecule has 0 spiro atoms. The summed E-state index contributed by atoms with van der Waals surface area (Å²) in [4.78, 5) is 8.86. The summed E-state index contributed by atoms with van der Waals surface area (Å²) in [6.45, 7) is 4.78. The second kappa shape index (κ2) is 7.18. The maximum absolute atomic E-state index is 14.3. The van der Waals surface area contributed by atoms with Crippen LogP contribution in [0.5, 0.6) is 0 Å². The number of rotatable bonds is 5. The maximum atomic E-state index is 14.3. The van der Waals surface area contributed by atoms with Crippen molar-refractivity contribution in [2.24, 2.45) is 0 Å². The molecule has 112 valence electrons. The van der Waals surface area contributed by atoms with Crippen LogP contribution in [0.2, 0.25) is 5.02 Å². The fraction of sp³-hybridized carbons (Fsp3) is 0.333. The van der Waals surface area contributed by atoms with E-state index in [1.165, 1.54) is 0 Å². The van der Waals surface area contributed by atoms with Gasteiger partial charge in [0.15, 0.2) is 5.82 Å². The van der Waals surface area contributed by atoms with Gasteiger partial charge in [-0.2, -0.15) is 0 Å². The Kier molecular flexibility index (Phi) is 5.53. The maximum Gasteiger partial charge on any atom is 0.152 e. The van der Waals surface area contributed by atoms with Crippen molar-refractivity contribution in [3.8, 4) is 11.3 Å². The van der Waals surface area contributed by atoms with Gasteiger partial charge in [-0.15, -0.1) is 0 Å². The third-order valence-electron chi connectivity index (χ3n) is 2.92. The van der Waals surface area contributed by atoms with Crippen LogP contribution in [0.3, 0.4) is 0 Å². The van der Waals surface area contributed by atoms with Crippen LogP contribution in [0, 0.1) is 5.82 Å². The lowest BCUT2D eigenvalue weighted by Crippen LogP contribution is -2.05. The number of anilines is 1. The lowest BCUT2D eigenvalue weighted by molar-refractivity contribution is 0.630. The van der Waals surface area contributed by atoms with Crippen LogP contribution in [0.4, 0.5) is 10.2 Å². The predicted molar refractivity (Wildman–Crippen MR) is 88.3 cm³/mol. The molecule has 0 saturated carbocycles. The Bertz CT molecular complexity index is 625. The highest BCUT2D eigenvalue weighted by atomic mass is 79.9. The van der Waals surface area contributed by atoms with E-state index in [2.05, 4.69) is 38.1 Å². The number of nitrogens with one attached hydrogen (secondary N) is 1. The molecule has 0 aliphatic heterocycles. The van der Waals surface area contributed by atoms with Gasteiger partial charge in [0.1, 0.15) is 11.6 Å². The van der Waals surface area contributed by atoms with E-state index in [0.29, 0.717) is 27.4 Å². The zero-order valence-corrected chi connectivity index (χ0v) is 14.2. The molecule has 1 aromatic carbocycles. The Hall–Kier alpha value is -1.20. The molecule has 1 N–H and O–H groups in total. The molecule has 0 amide bonds. The number of benzene rings is 1. The molecule has 0 unspecified atom stereocenters. The van der Waals surface area contributed by atoms with Crippen molar-refractivity contribution in [3.63, 3.8) is 0 Å². The zero-order chi connectivity index (χ0) is 15.4. The number of hydrogen-bond donors (Lipinski definition) is 1. The van der Waals surface area contributed by atoms with Crippen molar-refractivity contribution in [1.82, 2.24) is 9.97 Å². The fourth-order valence-electron chi connectivity index (χ4n) is 1.97. The van der Waals surface area contributed by atoms with Gasteiger partial charge in [0.2, 0.25) is 0 Å². The Morgan fingerprint density at radius 3 is 2.71 bits per heavy atom. The summed E-state index contributed by atoms with van der Waals surface area (Å²) in [7, 11) is 0. The monoisotopic (exact) mass is 371 g/mol. The van der Waals surface area contributed by atoms with Gasteiger partial charge in [-0.3, -0.25) is 0 Å².